The number of rotatable bonds is 8. The lowest BCUT2D eigenvalue weighted by molar-refractivity contribution is -0.121. The summed E-state index contributed by atoms with van der Waals surface area (Å²) in [6, 6.07) is 0. The molecule has 3 N–H and O–H groups in total. The van der Waals surface area contributed by atoms with Crippen LogP contribution in [0, 0.1) is 5.92 Å². The van der Waals surface area contributed by atoms with Crippen LogP contribution in [0.1, 0.15) is 58.3 Å². The molecule has 0 radical (unpaired) electrons. The summed E-state index contributed by atoms with van der Waals surface area (Å²) >= 11 is 0. The van der Waals surface area contributed by atoms with Crippen LogP contribution >= 0.6 is 0 Å². The monoisotopic (exact) mass is 270 g/mol. The van der Waals surface area contributed by atoms with Gasteiger partial charge in [0, 0.05) is 26.6 Å². The summed E-state index contributed by atoms with van der Waals surface area (Å²) in [5.74, 6) is 0.941. The molecule has 1 saturated carbocycles. The smallest absolute Gasteiger partial charge is 0.219 e. The molecule has 0 bridgehead atoms. The fraction of sp³-hybridized carbons (Fsp3) is 0.933. The minimum atomic E-state index is -0.118. The van der Waals surface area contributed by atoms with Gasteiger partial charge in [-0.05, 0) is 38.0 Å². The van der Waals surface area contributed by atoms with E-state index in [9.17, 15) is 4.79 Å². The second-order valence-corrected chi connectivity index (χ2v) is 5.74. The molecule has 0 aromatic rings. The van der Waals surface area contributed by atoms with Gasteiger partial charge in [0.2, 0.25) is 5.91 Å². The molecule has 1 aliphatic carbocycles. The minimum absolute atomic E-state index is 0.0806. The molecule has 0 unspecified atom stereocenters. The number of nitrogens with two attached hydrogens (primary N) is 1. The maximum Gasteiger partial charge on any atom is 0.219 e. The van der Waals surface area contributed by atoms with Gasteiger partial charge in [0.15, 0.2) is 0 Å². The van der Waals surface area contributed by atoms with Gasteiger partial charge in [-0.25, -0.2) is 0 Å². The van der Waals surface area contributed by atoms with Crippen LogP contribution in [0.5, 0.6) is 0 Å². The van der Waals surface area contributed by atoms with Gasteiger partial charge < -0.3 is 15.8 Å². The Balaban J connectivity index is 2.27. The molecule has 4 nitrogen and oxygen atoms in total. The summed E-state index contributed by atoms with van der Waals surface area (Å²) in [5, 5.41) is 2.63. The Bertz CT molecular complexity index is 261. The first kappa shape index (κ1) is 16.4. The van der Waals surface area contributed by atoms with E-state index in [2.05, 4.69) is 12.2 Å². The molecule has 0 aromatic heterocycles. The predicted octanol–water partition coefficient (Wildman–Crippen LogP) is 2.22. The SMILES string of the molecule is CCCC1CCC(CN)(OCCCC(=O)NC)CC1. The van der Waals surface area contributed by atoms with Crippen LogP contribution in [0.4, 0.5) is 0 Å². The first-order valence-corrected chi connectivity index (χ1v) is 7.70. The van der Waals surface area contributed by atoms with Crippen molar-refractivity contribution in [2.75, 3.05) is 20.2 Å². The van der Waals surface area contributed by atoms with Crippen LogP contribution in [-0.2, 0) is 9.53 Å². The van der Waals surface area contributed by atoms with Gasteiger partial charge >= 0.3 is 0 Å². The zero-order valence-electron chi connectivity index (χ0n) is 12.5. The topological polar surface area (TPSA) is 64.3 Å². The molecule has 1 rings (SSSR count). The van der Waals surface area contributed by atoms with E-state index in [-0.39, 0.29) is 11.5 Å². The van der Waals surface area contributed by atoms with E-state index in [1.165, 1.54) is 25.7 Å². The van der Waals surface area contributed by atoms with Gasteiger partial charge in [-0.3, -0.25) is 4.79 Å². The van der Waals surface area contributed by atoms with Crippen molar-refractivity contribution in [1.82, 2.24) is 5.32 Å². The zero-order valence-corrected chi connectivity index (χ0v) is 12.5. The Labute approximate surface area is 117 Å². The Hall–Kier alpha value is -0.610. The highest BCUT2D eigenvalue weighted by atomic mass is 16.5. The third-order valence-electron chi connectivity index (χ3n) is 4.32. The highest BCUT2D eigenvalue weighted by Gasteiger charge is 2.34. The molecular formula is C15H30N2O2. The van der Waals surface area contributed by atoms with E-state index in [0.29, 0.717) is 19.6 Å². The van der Waals surface area contributed by atoms with Crippen LogP contribution in [-0.4, -0.2) is 31.7 Å². The molecule has 0 atom stereocenters. The van der Waals surface area contributed by atoms with Crippen molar-refractivity contribution in [3.63, 3.8) is 0 Å². The van der Waals surface area contributed by atoms with Gasteiger partial charge in [0.1, 0.15) is 0 Å². The molecule has 0 spiro atoms. The van der Waals surface area contributed by atoms with Gasteiger partial charge in [-0.2, -0.15) is 0 Å². The number of hydrogen-bond donors (Lipinski definition) is 2. The number of carbonyl (C=O) groups is 1. The first-order chi connectivity index (χ1) is 9.15. The van der Waals surface area contributed by atoms with Gasteiger partial charge in [0.25, 0.3) is 0 Å². The fourth-order valence-electron chi connectivity index (χ4n) is 2.95. The van der Waals surface area contributed by atoms with Crippen molar-refractivity contribution in [2.45, 2.75) is 63.9 Å². The maximum atomic E-state index is 11.1. The molecule has 4 heteroatoms. The summed E-state index contributed by atoms with van der Waals surface area (Å²) in [5.41, 5.74) is 5.80. The van der Waals surface area contributed by atoms with E-state index < -0.39 is 0 Å². The molecule has 1 aliphatic rings. The Morgan fingerprint density at radius 1 is 1.42 bits per heavy atom. The Kier molecular flexibility index (Phi) is 7.39. The molecule has 112 valence electrons. The van der Waals surface area contributed by atoms with Gasteiger partial charge in [-0.15, -0.1) is 0 Å². The van der Waals surface area contributed by atoms with Crippen molar-refractivity contribution < 1.29 is 9.53 Å². The molecule has 1 fully saturated rings. The largest absolute Gasteiger partial charge is 0.374 e. The Morgan fingerprint density at radius 3 is 2.63 bits per heavy atom. The van der Waals surface area contributed by atoms with Crippen molar-refractivity contribution >= 4 is 5.91 Å². The molecule has 0 aliphatic heterocycles. The van der Waals surface area contributed by atoms with E-state index in [0.717, 1.165) is 25.2 Å². The number of carbonyl (C=O) groups excluding carboxylic acids is 1. The van der Waals surface area contributed by atoms with E-state index >= 15 is 0 Å². The normalized spacial score (nSPS) is 27.2. The lowest BCUT2D eigenvalue weighted by Crippen LogP contribution is -2.44. The van der Waals surface area contributed by atoms with Crippen LogP contribution in [0.15, 0.2) is 0 Å². The quantitative estimate of drug-likeness (QED) is 0.665. The Morgan fingerprint density at radius 2 is 2.11 bits per heavy atom. The molecule has 19 heavy (non-hydrogen) atoms. The summed E-state index contributed by atoms with van der Waals surface area (Å²) < 4.78 is 6.04. The van der Waals surface area contributed by atoms with Gasteiger partial charge in [-0.1, -0.05) is 19.8 Å². The fourth-order valence-corrected chi connectivity index (χ4v) is 2.95. The minimum Gasteiger partial charge on any atom is -0.374 e. The third-order valence-corrected chi connectivity index (χ3v) is 4.32. The van der Waals surface area contributed by atoms with Crippen molar-refractivity contribution in [3.05, 3.63) is 0 Å². The summed E-state index contributed by atoms with van der Waals surface area (Å²) in [4.78, 5) is 11.1. The summed E-state index contributed by atoms with van der Waals surface area (Å²) in [6.45, 7) is 3.49. The van der Waals surface area contributed by atoms with E-state index in [4.69, 9.17) is 10.5 Å². The molecule has 0 heterocycles. The number of hydrogen-bond acceptors (Lipinski definition) is 3. The van der Waals surface area contributed by atoms with Crippen LogP contribution in [0.25, 0.3) is 0 Å². The van der Waals surface area contributed by atoms with Crippen LogP contribution in [0.3, 0.4) is 0 Å². The average Bonchev–Trinajstić information content (AvgIpc) is 2.45. The zero-order chi connectivity index (χ0) is 14.1. The molecular weight excluding hydrogens is 240 g/mol. The second kappa shape index (κ2) is 8.54. The summed E-state index contributed by atoms with van der Waals surface area (Å²) in [7, 11) is 1.67. The molecule has 1 amide bonds. The highest BCUT2D eigenvalue weighted by molar-refractivity contribution is 5.75. The third kappa shape index (κ3) is 5.49. The van der Waals surface area contributed by atoms with Crippen LogP contribution in [0.2, 0.25) is 0 Å². The van der Waals surface area contributed by atoms with Crippen molar-refractivity contribution in [1.29, 1.82) is 0 Å². The van der Waals surface area contributed by atoms with Crippen molar-refractivity contribution in [3.8, 4) is 0 Å². The van der Waals surface area contributed by atoms with Gasteiger partial charge in [0.05, 0.1) is 5.60 Å². The highest BCUT2D eigenvalue weighted by Crippen LogP contribution is 2.36. The first-order valence-electron chi connectivity index (χ1n) is 7.70. The predicted molar refractivity (Wildman–Crippen MR) is 77.9 cm³/mol. The van der Waals surface area contributed by atoms with Crippen molar-refractivity contribution in [2.24, 2.45) is 11.7 Å². The second-order valence-electron chi connectivity index (χ2n) is 5.74. The average molecular weight is 270 g/mol. The van der Waals surface area contributed by atoms with Crippen LogP contribution < -0.4 is 11.1 Å². The number of nitrogens with one attached hydrogen (secondary N) is 1. The molecule has 0 aromatic carbocycles. The lowest BCUT2D eigenvalue weighted by Gasteiger charge is -2.39. The standard InChI is InChI=1S/C15H30N2O2/c1-3-5-13-7-9-15(12-16,10-8-13)19-11-4-6-14(18)17-2/h13H,3-12,16H2,1-2H3,(H,17,18). The van der Waals surface area contributed by atoms with E-state index in [1.54, 1.807) is 7.05 Å². The molecule has 0 saturated heterocycles. The number of ether oxygens (including phenoxy) is 1. The summed E-state index contributed by atoms with van der Waals surface area (Å²) in [6.07, 6.45) is 8.54. The maximum absolute atomic E-state index is 11.1. The number of amides is 1. The lowest BCUT2D eigenvalue weighted by atomic mass is 9.77. The van der Waals surface area contributed by atoms with E-state index in [1.807, 2.05) is 0 Å².